The Morgan fingerprint density at radius 2 is 2.16 bits per heavy atom. The number of carbonyl (C=O) groups is 1. The van der Waals surface area contributed by atoms with Crippen LogP contribution in [0.4, 0.5) is 0 Å². The first-order valence-corrected chi connectivity index (χ1v) is 7.13. The minimum atomic E-state index is -0.185. The molecular formula is C13H16Cl2N2O2. The number of rotatable bonds is 2. The molecule has 1 atom stereocenters. The lowest BCUT2D eigenvalue weighted by Gasteiger charge is -2.28. The predicted octanol–water partition coefficient (Wildman–Crippen LogP) is 2.77. The maximum absolute atomic E-state index is 12.5. The average Bonchev–Trinajstić information content (AvgIpc) is 2.63. The van der Waals surface area contributed by atoms with Gasteiger partial charge in [-0.05, 0) is 25.0 Å². The summed E-state index contributed by atoms with van der Waals surface area (Å²) < 4.78 is 0. The maximum atomic E-state index is 12.5. The topological polar surface area (TPSA) is 53.4 Å². The number of aromatic nitrogens is 1. The number of hydrogen-bond acceptors (Lipinski definition) is 3. The Kier molecular flexibility index (Phi) is 5.02. The number of halogens is 2. The Morgan fingerprint density at radius 3 is 2.84 bits per heavy atom. The van der Waals surface area contributed by atoms with E-state index in [4.69, 9.17) is 23.2 Å². The summed E-state index contributed by atoms with van der Waals surface area (Å²) in [5, 5.41) is 9.80. The number of pyridine rings is 1. The molecule has 1 aliphatic heterocycles. The third-order valence-electron chi connectivity index (χ3n) is 3.39. The highest BCUT2D eigenvalue weighted by molar-refractivity contribution is 6.34. The standard InChI is InChI=1S/C13H16Cl2N2O2/c14-11-6-5-10(12(15)16-11)13(19)17-7-3-1-2-4-9(17)8-18/h5-6,9,18H,1-4,7-8H2. The molecule has 0 aromatic carbocycles. The summed E-state index contributed by atoms with van der Waals surface area (Å²) in [5.41, 5.74) is 0.339. The number of carbonyl (C=O) groups excluding carboxylic acids is 1. The second-order valence-corrected chi connectivity index (χ2v) is 5.40. The molecule has 0 spiro atoms. The summed E-state index contributed by atoms with van der Waals surface area (Å²) >= 11 is 11.7. The van der Waals surface area contributed by atoms with Gasteiger partial charge in [-0.1, -0.05) is 36.0 Å². The zero-order chi connectivity index (χ0) is 13.8. The molecule has 6 heteroatoms. The van der Waals surface area contributed by atoms with Gasteiger partial charge in [0.1, 0.15) is 10.3 Å². The molecular weight excluding hydrogens is 287 g/mol. The molecule has 0 radical (unpaired) electrons. The van der Waals surface area contributed by atoms with Crippen molar-refractivity contribution in [1.82, 2.24) is 9.88 Å². The molecule has 1 N–H and O–H groups in total. The fourth-order valence-electron chi connectivity index (χ4n) is 2.36. The van der Waals surface area contributed by atoms with Gasteiger partial charge in [0, 0.05) is 6.54 Å². The van der Waals surface area contributed by atoms with Crippen molar-refractivity contribution in [3.8, 4) is 0 Å². The van der Waals surface area contributed by atoms with E-state index in [2.05, 4.69) is 4.98 Å². The third-order valence-corrected chi connectivity index (χ3v) is 3.89. The van der Waals surface area contributed by atoms with Gasteiger partial charge in [0.25, 0.3) is 5.91 Å². The fourth-order valence-corrected chi connectivity index (χ4v) is 2.79. The highest BCUT2D eigenvalue weighted by Crippen LogP contribution is 2.23. The van der Waals surface area contributed by atoms with E-state index in [1.54, 1.807) is 17.0 Å². The van der Waals surface area contributed by atoms with E-state index in [0.29, 0.717) is 12.1 Å². The van der Waals surface area contributed by atoms with E-state index in [1.165, 1.54) is 0 Å². The first-order valence-electron chi connectivity index (χ1n) is 6.37. The van der Waals surface area contributed by atoms with Crippen LogP contribution in [-0.4, -0.2) is 40.1 Å². The van der Waals surface area contributed by atoms with Gasteiger partial charge in [0.15, 0.2) is 0 Å². The zero-order valence-electron chi connectivity index (χ0n) is 10.5. The van der Waals surface area contributed by atoms with Crippen molar-refractivity contribution in [2.45, 2.75) is 31.7 Å². The molecule has 1 fully saturated rings. The first kappa shape index (κ1) is 14.6. The smallest absolute Gasteiger partial charge is 0.257 e. The molecule has 19 heavy (non-hydrogen) atoms. The van der Waals surface area contributed by atoms with Crippen molar-refractivity contribution in [2.75, 3.05) is 13.2 Å². The van der Waals surface area contributed by atoms with Crippen molar-refractivity contribution in [3.63, 3.8) is 0 Å². The Bertz CT molecular complexity index is 468. The highest BCUT2D eigenvalue weighted by Gasteiger charge is 2.27. The van der Waals surface area contributed by atoms with Gasteiger partial charge in [-0.3, -0.25) is 4.79 Å². The molecule has 0 bridgehead atoms. The number of aliphatic hydroxyl groups excluding tert-OH is 1. The van der Waals surface area contributed by atoms with Gasteiger partial charge in [-0.2, -0.15) is 0 Å². The van der Waals surface area contributed by atoms with E-state index in [9.17, 15) is 9.90 Å². The molecule has 104 valence electrons. The molecule has 2 rings (SSSR count). The Hall–Kier alpha value is -0.840. The van der Waals surface area contributed by atoms with Crippen molar-refractivity contribution < 1.29 is 9.90 Å². The van der Waals surface area contributed by atoms with Gasteiger partial charge in [0.05, 0.1) is 18.2 Å². The fraction of sp³-hybridized carbons (Fsp3) is 0.538. The van der Waals surface area contributed by atoms with Crippen LogP contribution in [0.15, 0.2) is 12.1 Å². The van der Waals surface area contributed by atoms with Gasteiger partial charge in [0.2, 0.25) is 0 Å². The lowest BCUT2D eigenvalue weighted by molar-refractivity contribution is 0.0599. The molecule has 2 heterocycles. The van der Waals surface area contributed by atoms with Crippen molar-refractivity contribution in [1.29, 1.82) is 0 Å². The molecule has 1 unspecified atom stereocenters. The van der Waals surface area contributed by atoms with Crippen LogP contribution in [0, 0.1) is 0 Å². The van der Waals surface area contributed by atoms with Crippen LogP contribution in [0.25, 0.3) is 0 Å². The second kappa shape index (κ2) is 6.55. The molecule has 1 aromatic rings. The van der Waals surface area contributed by atoms with Crippen LogP contribution in [-0.2, 0) is 0 Å². The Labute approximate surface area is 122 Å². The van der Waals surface area contributed by atoms with Crippen LogP contribution < -0.4 is 0 Å². The van der Waals surface area contributed by atoms with Crippen LogP contribution >= 0.6 is 23.2 Å². The van der Waals surface area contributed by atoms with Crippen LogP contribution in [0.5, 0.6) is 0 Å². The van der Waals surface area contributed by atoms with E-state index in [0.717, 1.165) is 25.7 Å². The van der Waals surface area contributed by atoms with Crippen molar-refractivity contribution >= 4 is 29.1 Å². The quantitative estimate of drug-likeness (QED) is 0.855. The predicted molar refractivity (Wildman–Crippen MR) is 74.6 cm³/mol. The number of hydrogen-bond donors (Lipinski definition) is 1. The molecule has 4 nitrogen and oxygen atoms in total. The Balaban J connectivity index is 2.25. The van der Waals surface area contributed by atoms with E-state index in [-0.39, 0.29) is 28.9 Å². The number of nitrogens with zero attached hydrogens (tertiary/aromatic N) is 2. The van der Waals surface area contributed by atoms with Gasteiger partial charge < -0.3 is 10.0 Å². The lowest BCUT2D eigenvalue weighted by Crippen LogP contribution is -2.42. The van der Waals surface area contributed by atoms with Gasteiger partial charge in [-0.15, -0.1) is 0 Å². The molecule has 1 aliphatic rings. The minimum absolute atomic E-state index is 0.0234. The largest absolute Gasteiger partial charge is 0.394 e. The van der Waals surface area contributed by atoms with E-state index in [1.807, 2.05) is 0 Å². The van der Waals surface area contributed by atoms with E-state index >= 15 is 0 Å². The summed E-state index contributed by atoms with van der Waals surface area (Å²) in [7, 11) is 0. The van der Waals surface area contributed by atoms with Crippen LogP contribution in [0.1, 0.15) is 36.0 Å². The molecule has 1 saturated heterocycles. The number of amides is 1. The molecule has 1 amide bonds. The molecule has 0 aliphatic carbocycles. The van der Waals surface area contributed by atoms with Crippen molar-refractivity contribution in [2.24, 2.45) is 0 Å². The monoisotopic (exact) mass is 302 g/mol. The van der Waals surface area contributed by atoms with Crippen LogP contribution in [0.3, 0.4) is 0 Å². The first-order chi connectivity index (χ1) is 9.13. The third kappa shape index (κ3) is 3.38. The molecule has 0 saturated carbocycles. The zero-order valence-corrected chi connectivity index (χ0v) is 12.0. The summed E-state index contributed by atoms with van der Waals surface area (Å²) in [6, 6.07) is 2.99. The average molecular weight is 303 g/mol. The maximum Gasteiger partial charge on any atom is 0.257 e. The summed E-state index contributed by atoms with van der Waals surface area (Å²) in [4.78, 5) is 18.1. The lowest BCUT2D eigenvalue weighted by atomic mass is 10.1. The van der Waals surface area contributed by atoms with Crippen LogP contribution in [0.2, 0.25) is 10.3 Å². The normalized spacial score (nSPS) is 20.2. The SMILES string of the molecule is O=C(c1ccc(Cl)nc1Cl)N1CCCCCC1CO. The number of likely N-dealkylation sites (tertiary alicyclic amines) is 1. The highest BCUT2D eigenvalue weighted by atomic mass is 35.5. The Morgan fingerprint density at radius 1 is 1.37 bits per heavy atom. The van der Waals surface area contributed by atoms with Gasteiger partial charge in [-0.25, -0.2) is 4.98 Å². The van der Waals surface area contributed by atoms with Gasteiger partial charge >= 0.3 is 0 Å². The van der Waals surface area contributed by atoms with Crippen molar-refractivity contribution in [3.05, 3.63) is 28.0 Å². The summed E-state index contributed by atoms with van der Waals surface area (Å²) in [5.74, 6) is -0.185. The summed E-state index contributed by atoms with van der Waals surface area (Å²) in [6.45, 7) is 0.618. The number of aliphatic hydroxyl groups is 1. The molecule has 1 aromatic heterocycles. The minimum Gasteiger partial charge on any atom is -0.394 e. The summed E-state index contributed by atoms with van der Waals surface area (Å²) in [6.07, 6.45) is 3.87. The second-order valence-electron chi connectivity index (χ2n) is 4.66. The van der Waals surface area contributed by atoms with E-state index < -0.39 is 0 Å².